The maximum atomic E-state index is 12.0. The minimum atomic E-state index is -0.548. The van der Waals surface area contributed by atoms with Crippen molar-refractivity contribution in [2.45, 2.75) is 33.1 Å². The normalized spacial score (nSPS) is 14.6. The molecule has 25 heavy (non-hydrogen) atoms. The number of hydrogen-bond donors (Lipinski definition) is 2. The number of ether oxygens (including phenoxy) is 2. The molecule has 1 saturated heterocycles. The van der Waals surface area contributed by atoms with Crippen LogP contribution >= 0.6 is 0 Å². The van der Waals surface area contributed by atoms with E-state index in [0.29, 0.717) is 30.4 Å². The van der Waals surface area contributed by atoms with Gasteiger partial charge in [0.05, 0.1) is 19.8 Å². The maximum Gasteiger partial charge on any atom is 0.325 e. The van der Waals surface area contributed by atoms with Crippen LogP contribution in [0.3, 0.4) is 0 Å². The summed E-state index contributed by atoms with van der Waals surface area (Å²) >= 11 is 0. The van der Waals surface area contributed by atoms with Gasteiger partial charge in [0, 0.05) is 11.8 Å². The summed E-state index contributed by atoms with van der Waals surface area (Å²) in [6.07, 6.45) is 3.41. The molecule has 7 heteroatoms. The molecule has 0 aliphatic carbocycles. The predicted molar refractivity (Wildman–Crippen MR) is 96.2 cm³/mol. The molecule has 7 nitrogen and oxygen atoms in total. The first-order chi connectivity index (χ1) is 12.1. The molecule has 1 fully saturated rings. The van der Waals surface area contributed by atoms with Crippen LogP contribution in [0.1, 0.15) is 33.1 Å². The van der Waals surface area contributed by atoms with Crippen molar-refractivity contribution < 1.29 is 19.1 Å². The van der Waals surface area contributed by atoms with Crippen molar-refractivity contribution in [1.29, 1.82) is 0 Å². The molecule has 0 saturated carbocycles. The summed E-state index contributed by atoms with van der Waals surface area (Å²) in [7, 11) is 0. The molecule has 2 N–H and O–H groups in total. The molecule has 0 atom stereocenters. The van der Waals surface area contributed by atoms with Crippen LogP contribution in [0.4, 0.5) is 10.5 Å². The van der Waals surface area contributed by atoms with E-state index in [0.717, 1.165) is 25.9 Å². The molecular formula is C18H27N3O4. The first kappa shape index (κ1) is 19.1. The van der Waals surface area contributed by atoms with Crippen LogP contribution in [0, 0.1) is 0 Å². The smallest absolute Gasteiger partial charge is 0.325 e. The van der Waals surface area contributed by atoms with Crippen molar-refractivity contribution in [3.8, 4) is 11.5 Å². The van der Waals surface area contributed by atoms with Gasteiger partial charge >= 0.3 is 6.03 Å². The highest BCUT2D eigenvalue weighted by atomic mass is 16.5. The van der Waals surface area contributed by atoms with Gasteiger partial charge in [-0.3, -0.25) is 15.0 Å². The van der Waals surface area contributed by atoms with E-state index in [-0.39, 0.29) is 12.5 Å². The number of rotatable bonds is 7. The lowest BCUT2D eigenvalue weighted by molar-refractivity contribution is -0.121. The highest BCUT2D eigenvalue weighted by molar-refractivity contribution is 6.01. The lowest BCUT2D eigenvalue weighted by atomic mass is 10.1. The van der Waals surface area contributed by atoms with Gasteiger partial charge in [0.15, 0.2) is 11.5 Å². The van der Waals surface area contributed by atoms with Crippen LogP contribution in [-0.2, 0) is 4.79 Å². The third-order valence-electron chi connectivity index (χ3n) is 3.87. The third-order valence-corrected chi connectivity index (χ3v) is 3.87. The Morgan fingerprint density at radius 3 is 2.40 bits per heavy atom. The number of nitrogens with zero attached hydrogens (tertiary/aromatic N) is 1. The van der Waals surface area contributed by atoms with Crippen molar-refractivity contribution >= 4 is 17.6 Å². The Morgan fingerprint density at radius 1 is 1.04 bits per heavy atom. The fourth-order valence-electron chi connectivity index (χ4n) is 2.78. The van der Waals surface area contributed by atoms with Crippen molar-refractivity contribution in [2.75, 3.05) is 38.2 Å². The molecule has 0 radical (unpaired) electrons. The number of piperidine rings is 1. The van der Waals surface area contributed by atoms with Crippen LogP contribution in [0.2, 0.25) is 0 Å². The minimum absolute atomic E-state index is 0.251. The van der Waals surface area contributed by atoms with E-state index in [4.69, 9.17) is 9.47 Å². The van der Waals surface area contributed by atoms with Crippen molar-refractivity contribution in [3.63, 3.8) is 0 Å². The maximum absolute atomic E-state index is 12.0. The zero-order valence-electron chi connectivity index (χ0n) is 15.0. The van der Waals surface area contributed by atoms with E-state index in [9.17, 15) is 9.59 Å². The zero-order valence-corrected chi connectivity index (χ0v) is 15.0. The minimum Gasteiger partial charge on any atom is -0.490 e. The average molecular weight is 349 g/mol. The van der Waals surface area contributed by atoms with E-state index in [2.05, 4.69) is 15.5 Å². The first-order valence-electron chi connectivity index (χ1n) is 8.85. The van der Waals surface area contributed by atoms with Gasteiger partial charge in [-0.2, -0.15) is 0 Å². The Balaban J connectivity index is 1.88. The van der Waals surface area contributed by atoms with Crippen LogP contribution in [0.25, 0.3) is 0 Å². The number of anilines is 1. The number of amides is 3. The van der Waals surface area contributed by atoms with Gasteiger partial charge in [0.2, 0.25) is 5.91 Å². The van der Waals surface area contributed by atoms with E-state index in [1.54, 1.807) is 18.2 Å². The zero-order chi connectivity index (χ0) is 18.1. The number of carbonyl (C=O) groups excluding carboxylic acids is 2. The Hall–Kier alpha value is -2.28. The molecule has 1 aliphatic heterocycles. The van der Waals surface area contributed by atoms with Gasteiger partial charge in [-0.1, -0.05) is 6.42 Å². The quantitative estimate of drug-likeness (QED) is 0.791. The summed E-state index contributed by atoms with van der Waals surface area (Å²) in [6, 6.07) is 4.58. The Morgan fingerprint density at radius 2 is 1.72 bits per heavy atom. The number of urea groups is 1. The summed E-state index contributed by atoms with van der Waals surface area (Å²) in [4.78, 5) is 26.0. The van der Waals surface area contributed by atoms with Crippen LogP contribution < -0.4 is 20.1 Å². The van der Waals surface area contributed by atoms with Gasteiger partial charge in [-0.05, 0) is 51.9 Å². The highest BCUT2D eigenvalue weighted by Gasteiger charge is 2.16. The Labute approximate surface area is 148 Å². The molecule has 138 valence electrons. The highest BCUT2D eigenvalue weighted by Crippen LogP contribution is 2.30. The molecule has 0 aromatic heterocycles. The van der Waals surface area contributed by atoms with Crippen LogP contribution in [-0.4, -0.2) is 49.7 Å². The Kier molecular flexibility index (Phi) is 7.53. The molecule has 3 amide bonds. The summed E-state index contributed by atoms with van der Waals surface area (Å²) in [6.45, 7) is 6.85. The van der Waals surface area contributed by atoms with E-state index < -0.39 is 6.03 Å². The first-order valence-corrected chi connectivity index (χ1v) is 8.85. The van der Waals surface area contributed by atoms with Gasteiger partial charge in [-0.25, -0.2) is 4.79 Å². The van der Waals surface area contributed by atoms with E-state index in [1.165, 1.54) is 6.42 Å². The van der Waals surface area contributed by atoms with E-state index in [1.807, 2.05) is 13.8 Å². The lowest BCUT2D eigenvalue weighted by Crippen LogP contribution is -2.43. The molecule has 1 aromatic carbocycles. The number of benzene rings is 1. The summed E-state index contributed by atoms with van der Waals surface area (Å²) < 4.78 is 11.0. The number of carbonyl (C=O) groups is 2. The summed E-state index contributed by atoms with van der Waals surface area (Å²) in [5.74, 6) is 0.883. The SMILES string of the molecule is CCOc1ccc(NC(=O)NC(=O)CN2CCCCC2)cc1OCC. The van der Waals surface area contributed by atoms with Crippen LogP contribution in [0.15, 0.2) is 18.2 Å². The lowest BCUT2D eigenvalue weighted by Gasteiger charge is -2.25. The largest absolute Gasteiger partial charge is 0.490 e. The number of nitrogens with one attached hydrogen (secondary N) is 2. The molecule has 1 aliphatic rings. The van der Waals surface area contributed by atoms with Crippen molar-refractivity contribution in [3.05, 3.63) is 18.2 Å². The predicted octanol–water partition coefficient (Wildman–Crippen LogP) is 2.62. The number of imide groups is 1. The van der Waals surface area contributed by atoms with Gasteiger partial charge in [0.1, 0.15) is 0 Å². The van der Waals surface area contributed by atoms with Crippen LogP contribution in [0.5, 0.6) is 11.5 Å². The third kappa shape index (κ3) is 6.26. The molecular weight excluding hydrogens is 322 g/mol. The molecule has 2 rings (SSSR count). The van der Waals surface area contributed by atoms with Crippen molar-refractivity contribution in [1.82, 2.24) is 10.2 Å². The van der Waals surface area contributed by atoms with Crippen molar-refractivity contribution in [2.24, 2.45) is 0 Å². The number of likely N-dealkylation sites (tertiary alicyclic amines) is 1. The molecule has 1 aromatic rings. The summed E-state index contributed by atoms with van der Waals surface area (Å²) in [5, 5.41) is 5.02. The van der Waals surface area contributed by atoms with Gasteiger partial charge in [0.25, 0.3) is 0 Å². The van der Waals surface area contributed by atoms with Gasteiger partial charge < -0.3 is 14.8 Å². The summed E-state index contributed by atoms with van der Waals surface area (Å²) in [5.41, 5.74) is 0.537. The second-order valence-corrected chi connectivity index (χ2v) is 5.87. The van der Waals surface area contributed by atoms with Gasteiger partial charge in [-0.15, -0.1) is 0 Å². The monoisotopic (exact) mass is 349 g/mol. The molecule has 1 heterocycles. The molecule has 0 bridgehead atoms. The second kappa shape index (κ2) is 9.88. The standard InChI is InChI=1S/C18H27N3O4/c1-3-24-15-9-8-14(12-16(15)25-4-2)19-18(23)20-17(22)13-21-10-6-5-7-11-21/h8-9,12H,3-7,10-11,13H2,1-2H3,(H2,19,20,22,23). The van der Waals surface area contributed by atoms with E-state index >= 15 is 0 Å². The molecule has 0 spiro atoms. The fourth-order valence-corrected chi connectivity index (χ4v) is 2.78. The number of hydrogen-bond acceptors (Lipinski definition) is 5. The average Bonchev–Trinajstić information content (AvgIpc) is 2.58. The molecule has 0 unspecified atom stereocenters. The topological polar surface area (TPSA) is 79.9 Å². The Bertz CT molecular complexity index is 586. The second-order valence-electron chi connectivity index (χ2n) is 5.87. The fraction of sp³-hybridized carbons (Fsp3) is 0.556.